The van der Waals surface area contributed by atoms with E-state index in [0.29, 0.717) is 6.61 Å². The standard InChI is InChI=1S/C16H14O2/c1-10-8-13-5-3-4-12-6-7-14(9-18-11(2)17)15(10)16(12)13/h3-8H,9H2,1-2H3. The highest BCUT2D eigenvalue weighted by atomic mass is 16.5. The third-order valence-corrected chi connectivity index (χ3v) is 3.36. The second-order valence-corrected chi connectivity index (χ2v) is 4.65. The van der Waals surface area contributed by atoms with Crippen LogP contribution in [-0.4, -0.2) is 5.97 Å². The predicted octanol–water partition coefficient (Wildman–Crippen LogP) is 3.78. The number of ether oxygens (including phenoxy) is 1. The average molecular weight is 238 g/mol. The quantitative estimate of drug-likeness (QED) is 0.744. The van der Waals surface area contributed by atoms with Gasteiger partial charge in [-0.2, -0.15) is 0 Å². The zero-order valence-electron chi connectivity index (χ0n) is 10.5. The van der Waals surface area contributed by atoms with Crippen LogP contribution in [0.15, 0.2) is 30.3 Å². The number of esters is 1. The normalized spacial score (nSPS) is 12.7. The maximum absolute atomic E-state index is 10.9. The number of hydrogen-bond acceptors (Lipinski definition) is 2. The van der Waals surface area contributed by atoms with Crippen LogP contribution in [0, 0.1) is 0 Å². The lowest BCUT2D eigenvalue weighted by atomic mass is 9.97. The monoisotopic (exact) mass is 238 g/mol. The van der Waals surface area contributed by atoms with E-state index in [2.05, 4.69) is 37.3 Å². The summed E-state index contributed by atoms with van der Waals surface area (Å²) in [4.78, 5) is 10.9. The van der Waals surface area contributed by atoms with E-state index < -0.39 is 0 Å². The van der Waals surface area contributed by atoms with Gasteiger partial charge in [-0.3, -0.25) is 4.79 Å². The van der Waals surface area contributed by atoms with Crippen LogP contribution in [-0.2, 0) is 16.1 Å². The topological polar surface area (TPSA) is 26.3 Å². The number of benzene rings is 2. The van der Waals surface area contributed by atoms with Crippen LogP contribution in [0.2, 0.25) is 0 Å². The first-order valence-corrected chi connectivity index (χ1v) is 6.03. The SMILES string of the molecule is CC(=O)OCc1ccc2cccc3c2c1C(C)=C3. The van der Waals surface area contributed by atoms with E-state index in [4.69, 9.17) is 4.74 Å². The van der Waals surface area contributed by atoms with Crippen molar-refractivity contribution in [2.75, 3.05) is 0 Å². The summed E-state index contributed by atoms with van der Waals surface area (Å²) in [6, 6.07) is 10.4. The Morgan fingerprint density at radius 1 is 1.22 bits per heavy atom. The van der Waals surface area contributed by atoms with Crippen LogP contribution >= 0.6 is 0 Å². The fourth-order valence-electron chi connectivity index (χ4n) is 2.63. The third kappa shape index (κ3) is 1.61. The van der Waals surface area contributed by atoms with Crippen LogP contribution in [0.3, 0.4) is 0 Å². The van der Waals surface area contributed by atoms with Gasteiger partial charge in [0.25, 0.3) is 0 Å². The third-order valence-electron chi connectivity index (χ3n) is 3.36. The Kier molecular flexibility index (Phi) is 2.44. The van der Waals surface area contributed by atoms with Crippen molar-refractivity contribution in [3.05, 3.63) is 47.0 Å². The number of hydrogen-bond donors (Lipinski definition) is 0. The zero-order valence-corrected chi connectivity index (χ0v) is 10.5. The molecule has 2 aromatic carbocycles. The first-order valence-electron chi connectivity index (χ1n) is 6.03. The van der Waals surface area contributed by atoms with E-state index in [1.165, 1.54) is 34.4 Å². The molecule has 0 atom stereocenters. The minimum atomic E-state index is -0.241. The largest absolute Gasteiger partial charge is 0.461 e. The maximum Gasteiger partial charge on any atom is 0.302 e. The Balaban J connectivity index is 2.17. The van der Waals surface area contributed by atoms with Gasteiger partial charge in [-0.1, -0.05) is 36.4 Å². The predicted molar refractivity (Wildman–Crippen MR) is 73.0 cm³/mol. The second-order valence-electron chi connectivity index (χ2n) is 4.65. The average Bonchev–Trinajstić information content (AvgIpc) is 2.68. The highest BCUT2D eigenvalue weighted by molar-refractivity contribution is 6.09. The molecule has 0 aromatic heterocycles. The summed E-state index contributed by atoms with van der Waals surface area (Å²) < 4.78 is 5.12. The van der Waals surface area contributed by atoms with Gasteiger partial charge in [0.05, 0.1) is 0 Å². The first kappa shape index (κ1) is 11.0. The van der Waals surface area contributed by atoms with Crippen molar-refractivity contribution in [3.63, 3.8) is 0 Å². The fraction of sp³-hybridized carbons (Fsp3) is 0.188. The smallest absolute Gasteiger partial charge is 0.302 e. The Morgan fingerprint density at radius 3 is 2.83 bits per heavy atom. The van der Waals surface area contributed by atoms with Crippen LogP contribution in [0.4, 0.5) is 0 Å². The van der Waals surface area contributed by atoms with Crippen LogP contribution in [0.25, 0.3) is 22.4 Å². The number of carbonyl (C=O) groups is 1. The molecule has 0 amide bonds. The van der Waals surface area contributed by atoms with Gasteiger partial charge in [0, 0.05) is 6.92 Å². The zero-order chi connectivity index (χ0) is 12.7. The summed E-state index contributed by atoms with van der Waals surface area (Å²) in [5, 5.41) is 2.52. The van der Waals surface area contributed by atoms with E-state index >= 15 is 0 Å². The van der Waals surface area contributed by atoms with Gasteiger partial charge in [-0.15, -0.1) is 0 Å². The van der Waals surface area contributed by atoms with Gasteiger partial charge in [0.1, 0.15) is 6.61 Å². The molecular formula is C16H14O2. The van der Waals surface area contributed by atoms with E-state index in [1.54, 1.807) is 0 Å². The Morgan fingerprint density at radius 2 is 2.06 bits per heavy atom. The van der Waals surface area contributed by atoms with Gasteiger partial charge >= 0.3 is 5.97 Å². The minimum absolute atomic E-state index is 0.241. The van der Waals surface area contributed by atoms with Crippen molar-refractivity contribution in [2.24, 2.45) is 0 Å². The van der Waals surface area contributed by atoms with Gasteiger partial charge in [0.15, 0.2) is 0 Å². The highest BCUT2D eigenvalue weighted by Crippen LogP contribution is 2.38. The Labute approximate surface area is 106 Å². The molecule has 2 heteroatoms. The molecule has 0 N–H and O–H groups in total. The Hall–Kier alpha value is -2.09. The molecule has 0 aliphatic heterocycles. The molecule has 3 rings (SSSR count). The molecule has 1 aliphatic rings. The Bertz CT molecular complexity index is 681. The fourth-order valence-corrected chi connectivity index (χ4v) is 2.63. The van der Waals surface area contributed by atoms with Gasteiger partial charge in [-0.25, -0.2) is 0 Å². The van der Waals surface area contributed by atoms with E-state index in [1.807, 2.05) is 6.07 Å². The van der Waals surface area contributed by atoms with Crippen molar-refractivity contribution in [1.29, 1.82) is 0 Å². The summed E-state index contributed by atoms with van der Waals surface area (Å²) in [5.74, 6) is -0.241. The summed E-state index contributed by atoms with van der Waals surface area (Å²) in [6.07, 6.45) is 2.19. The molecule has 1 aliphatic carbocycles. The molecule has 90 valence electrons. The maximum atomic E-state index is 10.9. The van der Waals surface area contributed by atoms with Gasteiger partial charge in [-0.05, 0) is 40.0 Å². The molecule has 0 unspecified atom stereocenters. The number of carbonyl (C=O) groups excluding carboxylic acids is 1. The van der Waals surface area contributed by atoms with Crippen molar-refractivity contribution in [2.45, 2.75) is 20.5 Å². The second kappa shape index (κ2) is 3.98. The summed E-state index contributed by atoms with van der Waals surface area (Å²) in [7, 11) is 0. The van der Waals surface area contributed by atoms with Crippen LogP contribution in [0.1, 0.15) is 30.5 Å². The summed E-state index contributed by atoms with van der Waals surface area (Å²) in [5.41, 5.74) is 4.80. The lowest BCUT2D eigenvalue weighted by Crippen LogP contribution is -2.01. The first-order chi connectivity index (χ1) is 8.66. The summed E-state index contributed by atoms with van der Waals surface area (Å²) in [6.45, 7) is 3.89. The lowest BCUT2D eigenvalue weighted by molar-refractivity contribution is -0.142. The van der Waals surface area contributed by atoms with Crippen LogP contribution < -0.4 is 0 Å². The number of allylic oxidation sites excluding steroid dienone is 1. The molecule has 0 fully saturated rings. The lowest BCUT2D eigenvalue weighted by Gasteiger charge is -2.10. The van der Waals surface area contributed by atoms with Gasteiger partial charge in [0.2, 0.25) is 0 Å². The van der Waals surface area contributed by atoms with Crippen molar-refractivity contribution >= 4 is 28.4 Å². The van der Waals surface area contributed by atoms with Crippen molar-refractivity contribution < 1.29 is 9.53 Å². The molecule has 0 bridgehead atoms. The number of rotatable bonds is 2. The molecule has 0 saturated carbocycles. The van der Waals surface area contributed by atoms with Crippen molar-refractivity contribution in [3.8, 4) is 0 Å². The molecule has 2 aromatic rings. The van der Waals surface area contributed by atoms with E-state index in [0.717, 1.165) is 5.56 Å². The molecule has 0 spiro atoms. The summed E-state index contributed by atoms with van der Waals surface area (Å²) >= 11 is 0. The molecular weight excluding hydrogens is 224 g/mol. The molecule has 18 heavy (non-hydrogen) atoms. The van der Waals surface area contributed by atoms with Gasteiger partial charge < -0.3 is 4.74 Å². The van der Waals surface area contributed by atoms with E-state index in [-0.39, 0.29) is 5.97 Å². The van der Waals surface area contributed by atoms with Crippen LogP contribution in [0.5, 0.6) is 0 Å². The minimum Gasteiger partial charge on any atom is -0.461 e. The molecule has 0 radical (unpaired) electrons. The molecule has 0 saturated heterocycles. The highest BCUT2D eigenvalue weighted by Gasteiger charge is 2.17. The molecule has 2 nitrogen and oxygen atoms in total. The molecule has 0 heterocycles. The van der Waals surface area contributed by atoms with E-state index in [9.17, 15) is 4.79 Å². The van der Waals surface area contributed by atoms with Crippen molar-refractivity contribution in [1.82, 2.24) is 0 Å².